The zero-order chi connectivity index (χ0) is 22.8. The van der Waals surface area contributed by atoms with E-state index in [0.29, 0.717) is 13.2 Å². The van der Waals surface area contributed by atoms with Gasteiger partial charge in [0, 0.05) is 17.1 Å². The molecule has 0 atom stereocenters. The average molecular weight is 446 g/mol. The van der Waals surface area contributed by atoms with Crippen LogP contribution in [0.1, 0.15) is 43.6 Å². The fourth-order valence-corrected chi connectivity index (χ4v) is 4.87. The highest BCUT2D eigenvalue weighted by molar-refractivity contribution is 5.91. The van der Waals surface area contributed by atoms with E-state index in [2.05, 4.69) is 45.4 Å². The van der Waals surface area contributed by atoms with Gasteiger partial charge >= 0.3 is 0 Å². The maximum Gasteiger partial charge on any atom is 0.234 e. The Bertz CT molecular complexity index is 1170. The lowest BCUT2D eigenvalue weighted by molar-refractivity contribution is -0.0216. The number of nitriles is 1. The van der Waals surface area contributed by atoms with Crippen molar-refractivity contribution in [1.29, 1.82) is 5.26 Å². The number of nitrogens with zero attached hydrogens (tertiary/aromatic N) is 5. The number of aryl methyl sites for hydroxylation is 1. The van der Waals surface area contributed by atoms with Gasteiger partial charge in [-0.15, -0.1) is 0 Å². The van der Waals surface area contributed by atoms with Crippen LogP contribution in [0.4, 0.5) is 0 Å². The summed E-state index contributed by atoms with van der Waals surface area (Å²) in [6.07, 6.45) is 5.67. The minimum Gasteiger partial charge on any atom is -0.493 e. The van der Waals surface area contributed by atoms with Crippen LogP contribution in [0.15, 0.2) is 30.5 Å². The highest BCUT2D eigenvalue weighted by atomic mass is 16.5. The van der Waals surface area contributed by atoms with Crippen molar-refractivity contribution < 1.29 is 9.47 Å². The molecule has 2 fully saturated rings. The fraction of sp³-hybridized carbons (Fsp3) is 0.500. The summed E-state index contributed by atoms with van der Waals surface area (Å²) in [6.45, 7) is 9.98. The molecule has 0 spiro atoms. The maximum atomic E-state index is 9.51. The minimum absolute atomic E-state index is 0.185. The molecule has 0 amide bonds. The Morgan fingerprint density at radius 2 is 2.00 bits per heavy atom. The summed E-state index contributed by atoms with van der Waals surface area (Å²) in [5.74, 6) is 1.86. The number of benzene rings is 1. The molecule has 0 saturated carbocycles. The Kier molecular flexibility index (Phi) is 6.30. The second-order valence-corrected chi connectivity index (χ2v) is 9.15. The van der Waals surface area contributed by atoms with Crippen molar-refractivity contribution >= 4 is 11.0 Å². The Morgan fingerprint density at radius 3 is 2.67 bits per heavy atom. The van der Waals surface area contributed by atoms with Gasteiger partial charge in [0.2, 0.25) is 5.82 Å². The molecule has 33 heavy (non-hydrogen) atoms. The normalized spacial score (nSPS) is 17.7. The average Bonchev–Trinajstić information content (AvgIpc) is 3.22. The number of ether oxygens (including phenoxy) is 2. The maximum absolute atomic E-state index is 9.51. The monoisotopic (exact) mass is 445 g/mol. The molecule has 5 rings (SSSR count). The number of aromatic nitrogens is 3. The first kappa shape index (κ1) is 21.9. The molecule has 2 saturated heterocycles. The van der Waals surface area contributed by atoms with Gasteiger partial charge in [-0.2, -0.15) is 5.26 Å². The van der Waals surface area contributed by atoms with Crippen molar-refractivity contribution in [1.82, 2.24) is 19.4 Å². The molecule has 0 aliphatic carbocycles. The largest absolute Gasteiger partial charge is 0.493 e. The molecule has 0 radical (unpaired) electrons. The third kappa shape index (κ3) is 4.46. The van der Waals surface area contributed by atoms with E-state index in [1.807, 2.05) is 24.4 Å². The summed E-state index contributed by atoms with van der Waals surface area (Å²) in [7, 11) is 0. The molecule has 4 heterocycles. The molecule has 172 valence electrons. The topological polar surface area (TPSA) is 76.2 Å². The third-order valence-electron chi connectivity index (χ3n) is 7.07. The fourth-order valence-electron chi connectivity index (χ4n) is 4.87. The minimum atomic E-state index is 0.185. The van der Waals surface area contributed by atoms with Crippen LogP contribution in [0.25, 0.3) is 22.3 Å². The molecule has 0 unspecified atom stereocenters. The van der Waals surface area contributed by atoms with Crippen LogP contribution in [0.5, 0.6) is 5.75 Å². The number of rotatable bonds is 7. The Morgan fingerprint density at radius 1 is 1.18 bits per heavy atom. The summed E-state index contributed by atoms with van der Waals surface area (Å²) in [4.78, 5) is 11.6. The molecular weight excluding hydrogens is 414 g/mol. The van der Waals surface area contributed by atoms with Gasteiger partial charge in [-0.1, -0.05) is 6.92 Å². The van der Waals surface area contributed by atoms with Gasteiger partial charge in [0.05, 0.1) is 31.6 Å². The first-order valence-electron chi connectivity index (χ1n) is 12.0. The summed E-state index contributed by atoms with van der Waals surface area (Å²) >= 11 is 0. The van der Waals surface area contributed by atoms with Gasteiger partial charge < -0.3 is 18.9 Å². The van der Waals surface area contributed by atoms with Crippen molar-refractivity contribution in [2.45, 2.75) is 39.2 Å². The predicted octanol–water partition coefficient (Wildman–Crippen LogP) is 4.35. The zero-order valence-corrected chi connectivity index (χ0v) is 19.5. The molecule has 7 heteroatoms. The van der Waals surface area contributed by atoms with Gasteiger partial charge in [0.25, 0.3) is 0 Å². The standard InChI is InChI=1S/C26H31N5O2/c1-3-30-10-6-19(7-11-30)9-13-33-23-5-4-20(14-18(23)2)25-22-8-12-31(21-16-32-17-21)26(22)29-24(15-27)28-25/h4-5,8,12,14,19,21H,3,6-7,9-11,13,16-17H2,1-2H3. The Labute approximate surface area is 195 Å². The van der Waals surface area contributed by atoms with E-state index in [0.717, 1.165) is 59.1 Å². The van der Waals surface area contributed by atoms with E-state index in [9.17, 15) is 5.26 Å². The second-order valence-electron chi connectivity index (χ2n) is 9.15. The van der Waals surface area contributed by atoms with Crippen LogP contribution in [0.3, 0.4) is 0 Å². The van der Waals surface area contributed by atoms with E-state index in [1.165, 1.54) is 25.9 Å². The summed E-state index contributed by atoms with van der Waals surface area (Å²) in [5.41, 5.74) is 3.62. The molecule has 3 aromatic rings. The zero-order valence-electron chi connectivity index (χ0n) is 19.5. The van der Waals surface area contributed by atoms with Crippen molar-refractivity contribution in [2.75, 3.05) is 39.5 Å². The Hall–Kier alpha value is -2.95. The van der Waals surface area contributed by atoms with Gasteiger partial charge in [-0.3, -0.25) is 0 Å². The number of hydrogen-bond acceptors (Lipinski definition) is 6. The molecular formula is C26H31N5O2. The molecule has 2 aliphatic heterocycles. The lowest BCUT2D eigenvalue weighted by Crippen LogP contribution is -2.33. The second kappa shape index (κ2) is 9.50. The predicted molar refractivity (Wildman–Crippen MR) is 127 cm³/mol. The summed E-state index contributed by atoms with van der Waals surface area (Å²) < 4.78 is 13.6. The smallest absolute Gasteiger partial charge is 0.234 e. The lowest BCUT2D eigenvalue weighted by atomic mass is 9.94. The van der Waals surface area contributed by atoms with Crippen LogP contribution in [0, 0.1) is 24.2 Å². The summed E-state index contributed by atoms with van der Waals surface area (Å²) in [5, 5.41) is 10.5. The highest BCUT2D eigenvalue weighted by Gasteiger charge is 2.24. The number of fused-ring (bicyclic) bond motifs is 1. The van der Waals surface area contributed by atoms with Gasteiger partial charge in [0.1, 0.15) is 17.5 Å². The number of likely N-dealkylation sites (tertiary alicyclic amines) is 1. The number of hydrogen-bond donors (Lipinski definition) is 0. The molecule has 2 aliphatic rings. The molecule has 2 aromatic heterocycles. The van der Waals surface area contributed by atoms with Gasteiger partial charge in [0.15, 0.2) is 0 Å². The SMILES string of the molecule is CCN1CCC(CCOc2ccc(-c3nc(C#N)nc4c3ccn4C3COC3)cc2C)CC1. The van der Waals surface area contributed by atoms with E-state index in [1.54, 1.807) is 0 Å². The Balaban J connectivity index is 1.32. The third-order valence-corrected chi connectivity index (χ3v) is 7.07. The van der Waals surface area contributed by atoms with Crippen molar-refractivity contribution in [3.8, 4) is 23.1 Å². The van der Waals surface area contributed by atoms with Crippen molar-refractivity contribution in [2.24, 2.45) is 5.92 Å². The molecule has 0 N–H and O–H groups in total. The van der Waals surface area contributed by atoms with Crippen LogP contribution in [-0.2, 0) is 4.74 Å². The van der Waals surface area contributed by atoms with Gasteiger partial charge in [-0.25, -0.2) is 9.97 Å². The molecule has 1 aromatic carbocycles. The van der Waals surface area contributed by atoms with E-state index < -0.39 is 0 Å². The van der Waals surface area contributed by atoms with E-state index in [-0.39, 0.29) is 11.9 Å². The first-order chi connectivity index (χ1) is 16.2. The molecule has 0 bridgehead atoms. The van der Waals surface area contributed by atoms with Crippen molar-refractivity contribution in [3.63, 3.8) is 0 Å². The van der Waals surface area contributed by atoms with Crippen LogP contribution >= 0.6 is 0 Å². The van der Waals surface area contributed by atoms with Crippen molar-refractivity contribution in [3.05, 3.63) is 41.9 Å². The van der Waals surface area contributed by atoms with Crippen LogP contribution in [-0.4, -0.2) is 58.9 Å². The van der Waals surface area contributed by atoms with Crippen LogP contribution < -0.4 is 4.74 Å². The molecule has 7 nitrogen and oxygen atoms in total. The van der Waals surface area contributed by atoms with E-state index >= 15 is 0 Å². The van der Waals surface area contributed by atoms with Gasteiger partial charge in [-0.05, 0) is 81.6 Å². The van der Waals surface area contributed by atoms with E-state index in [4.69, 9.17) is 9.47 Å². The number of piperidine rings is 1. The highest BCUT2D eigenvalue weighted by Crippen LogP contribution is 2.33. The first-order valence-corrected chi connectivity index (χ1v) is 12.0. The quantitative estimate of drug-likeness (QED) is 0.538. The van der Waals surface area contributed by atoms with Crippen LogP contribution in [0.2, 0.25) is 0 Å². The lowest BCUT2D eigenvalue weighted by Gasteiger charge is -2.30. The summed E-state index contributed by atoms with van der Waals surface area (Å²) in [6, 6.07) is 10.6.